The first kappa shape index (κ1) is 11.0. The molecule has 1 aromatic heterocycles. The van der Waals surface area contributed by atoms with E-state index in [-0.39, 0.29) is 5.91 Å². The van der Waals surface area contributed by atoms with Gasteiger partial charge in [-0.05, 0) is 12.1 Å². The van der Waals surface area contributed by atoms with Crippen LogP contribution in [0.15, 0.2) is 40.7 Å². The highest BCUT2D eigenvalue weighted by molar-refractivity contribution is 8.15. The van der Waals surface area contributed by atoms with Crippen molar-refractivity contribution in [3.8, 4) is 0 Å². The number of aromatic nitrogens is 1. The molecule has 2 aromatic rings. The molecule has 0 radical (unpaired) electrons. The third-order valence-corrected chi connectivity index (χ3v) is 3.42. The molecule has 3 rings (SSSR count). The van der Waals surface area contributed by atoms with Crippen molar-refractivity contribution < 1.29 is 4.79 Å². The second kappa shape index (κ2) is 4.66. The predicted octanol–water partition coefficient (Wildman–Crippen LogP) is 1.72. The Labute approximate surface area is 107 Å². The average Bonchev–Trinajstić information content (AvgIpc) is 2.98. The maximum absolute atomic E-state index is 11.0. The summed E-state index contributed by atoms with van der Waals surface area (Å²) >= 11 is 1.36. The number of rotatable bonds is 2. The maximum atomic E-state index is 11.0. The number of hydrogen-bond acceptors (Lipinski definition) is 4. The minimum absolute atomic E-state index is 0.0262. The van der Waals surface area contributed by atoms with E-state index >= 15 is 0 Å². The Morgan fingerprint density at radius 3 is 3.11 bits per heavy atom. The van der Waals surface area contributed by atoms with E-state index in [1.165, 1.54) is 11.8 Å². The van der Waals surface area contributed by atoms with E-state index < -0.39 is 0 Å². The quantitative estimate of drug-likeness (QED) is 0.636. The first-order valence-electron chi connectivity index (χ1n) is 5.43. The lowest BCUT2D eigenvalue weighted by Crippen LogP contribution is -2.19. The molecule has 0 aliphatic carbocycles. The van der Waals surface area contributed by atoms with Gasteiger partial charge in [0.15, 0.2) is 5.17 Å². The summed E-state index contributed by atoms with van der Waals surface area (Å²) in [6.07, 6.45) is 3.58. The molecule has 6 heteroatoms. The number of nitrogens with one attached hydrogen (secondary N) is 2. The van der Waals surface area contributed by atoms with Gasteiger partial charge in [0.2, 0.25) is 5.91 Å². The number of amidine groups is 1. The van der Waals surface area contributed by atoms with E-state index in [0.717, 1.165) is 16.5 Å². The maximum Gasteiger partial charge on any atom is 0.236 e. The summed E-state index contributed by atoms with van der Waals surface area (Å²) in [7, 11) is 0. The van der Waals surface area contributed by atoms with Crippen molar-refractivity contribution in [1.82, 2.24) is 10.3 Å². The summed E-state index contributed by atoms with van der Waals surface area (Å²) in [5.41, 5.74) is 2.06. The highest BCUT2D eigenvalue weighted by atomic mass is 32.2. The van der Waals surface area contributed by atoms with E-state index in [9.17, 15) is 4.79 Å². The molecular weight excluding hydrogens is 248 g/mol. The molecule has 0 unspecified atom stereocenters. The van der Waals surface area contributed by atoms with Gasteiger partial charge in [0.25, 0.3) is 0 Å². The fourth-order valence-electron chi connectivity index (χ4n) is 1.75. The van der Waals surface area contributed by atoms with E-state index in [2.05, 4.69) is 20.5 Å². The zero-order valence-electron chi connectivity index (χ0n) is 9.38. The van der Waals surface area contributed by atoms with Crippen LogP contribution in [0.5, 0.6) is 0 Å². The van der Waals surface area contributed by atoms with E-state index in [0.29, 0.717) is 10.9 Å². The van der Waals surface area contributed by atoms with E-state index in [4.69, 9.17) is 0 Å². The lowest BCUT2D eigenvalue weighted by Gasteiger charge is -1.94. The Balaban J connectivity index is 1.84. The lowest BCUT2D eigenvalue weighted by atomic mass is 10.1. The molecule has 1 aliphatic heterocycles. The first-order valence-corrected chi connectivity index (χ1v) is 6.41. The van der Waals surface area contributed by atoms with Gasteiger partial charge in [0.05, 0.1) is 12.0 Å². The van der Waals surface area contributed by atoms with Gasteiger partial charge in [-0.25, -0.2) is 0 Å². The molecule has 2 N–H and O–H groups in total. The van der Waals surface area contributed by atoms with Crippen LogP contribution >= 0.6 is 11.8 Å². The highest BCUT2D eigenvalue weighted by Crippen LogP contribution is 2.15. The molecule has 1 saturated heterocycles. The second-order valence-electron chi connectivity index (χ2n) is 3.77. The van der Waals surface area contributed by atoms with E-state index in [1.807, 2.05) is 30.5 Å². The molecule has 2 heterocycles. The summed E-state index contributed by atoms with van der Waals surface area (Å²) in [4.78, 5) is 14.1. The third-order valence-electron chi connectivity index (χ3n) is 2.56. The predicted molar refractivity (Wildman–Crippen MR) is 73.9 cm³/mol. The SMILES string of the molecule is O=C1CSC(=NN=Cc2cccc3[nH]ccc23)N1. The van der Waals surface area contributed by atoms with Crippen molar-refractivity contribution in [2.75, 3.05) is 5.75 Å². The third kappa shape index (κ3) is 2.14. The molecule has 0 bridgehead atoms. The second-order valence-corrected chi connectivity index (χ2v) is 4.74. The van der Waals surface area contributed by atoms with Crippen LogP contribution in [-0.2, 0) is 4.79 Å². The number of amides is 1. The Kier molecular flexibility index (Phi) is 2.85. The summed E-state index contributed by atoms with van der Waals surface area (Å²) in [6.45, 7) is 0. The van der Waals surface area contributed by atoms with Crippen LogP contribution in [0.2, 0.25) is 0 Å². The van der Waals surface area contributed by atoms with Gasteiger partial charge in [-0.2, -0.15) is 5.10 Å². The Hall–Kier alpha value is -2.08. The summed E-state index contributed by atoms with van der Waals surface area (Å²) in [6, 6.07) is 7.93. The van der Waals surface area contributed by atoms with Gasteiger partial charge in [-0.3, -0.25) is 4.79 Å². The van der Waals surface area contributed by atoms with Gasteiger partial charge in [-0.1, -0.05) is 23.9 Å². The number of aromatic amines is 1. The fourth-order valence-corrected chi connectivity index (χ4v) is 2.38. The summed E-state index contributed by atoms with van der Waals surface area (Å²) in [5, 5.41) is 12.2. The van der Waals surface area contributed by atoms with Crippen LogP contribution in [-0.4, -0.2) is 28.0 Å². The normalized spacial score (nSPS) is 18.0. The zero-order chi connectivity index (χ0) is 12.4. The topological polar surface area (TPSA) is 69.6 Å². The number of benzene rings is 1. The molecule has 1 amide bonds. The van der Waals surface area contributed by atoms with Gasteiger partial charge < -0.3 is 10.3 Å². The zero-order valence-corrected chi connectivity index (χ0v) is 10.2. The van der Waals surface area contributed by atoms with Gasteiger partial charge >= 0.3 is 0 Å². The smallest absolute Gasteiger partial charge is 0.236 e. The largest absolute Gasteiger partial charge is 0.361 e. The average molecular weight is 258 g/mol. The van der Waals surface area contributed by atoms with Crippen molar-refractivity contribution in [2.45, 2.75) is 0 Å². The molecule has 1 aliphatic rings. The monoisotopic (exact) mass is 258 g/mol. The number of nitrogens with zero attached hydrogens (tertiary/aromatic N) is 2. The highest BCUT2D eigenvalue weighted by Gasteiger charge is 2.15. The van der Waals surface area contributed by atoms with Crippen LogP contribution < -0.4 is 5.32 Å². The molecule has 0 saturated carbocycles. The summed E-state index contributed by atoms with van der Waals surface area (Å²) < 4.78 is 0. The minimum Gasteiger partial charge on any atom is -0.361 e. The van der Waals surface area contributed by atoms with Gasteiger partial charge in [-0.15, -0.1) is 5.10 Å². The number of carbonyl (C=O) groups is 1. The van der Waals surface area contributed by atoms with Crippen molar-refractivity contribution in [3.05, 3.63) is 36.0 Å². The van der Waals surface area contributed by atoms with Crippen LogP contribution in [0, 0.1) is 0 Å². The van der Waals surface area contributed by atoms with Crippen LogP contribution in [0.3, 0.4) is 0 Å². The van der Waals surface area contributed by atoms with E-state index in [1.54, 1.807) is 6.21 Å². The number of carbonyl (C=O) groups excluding carboxylic acids is 1. The molecule has 1 fully saturated rings. The Bertz CT molecular complexity index is 659. The lowest BCUT2D eigenvalue weighted by molar-refractivity contribution is -0.116. The fraction of sp³-hybridized carbons (Fsp3) is 0.0833. The molecule has 5 nitrogen and oxygen atoms in total. The van der Waals surface area contributed by atoms with Crippen molar-refractivity contribution in [2.24, 2.45) is 10.2 Å². The number of fused-ring (bicyclic) bond motifs is 1. The van der Waals surface area contributed by atoms with Crippen LogP contribution in [0.1, 0.15) is 5.56 Å². The minimum atomic E-state index is -0.0262. The molecule has 0 spiro atoms. The number of hydrogen-bond donors (Lipinski definition) is 2. The molecule has 1 aromatic carbocycles. The Morgan fingerprint density at radius 1 is 1.33 bits per heavy atom. The molecular formula is C12H10N4OS. The first-order chi connectivity index (χ1) is 8.83. The molecule has 0 atom stereocenters. The standard InChI is InChI=1S/C12H10N4OS/c17-11-7-18-12(15-11)16-14-6-8-2-1-3-10-9(8)4-5-13-10/h1-6,13H,7H2,(H,15,16,17). The van der Waals surface area contributed by atoms with Crippen molar-refractivity contribution in [1.29, 1.82) is 0 Å². The number of H-pyrrole nitrogens is 1. The summed E-state index contributed by atoms with van der Waals surface area (Å²) in [5.74, 6) is 0.392. The van der Waals surface area contributed by atoms with Crippen LogP contribution in [0.4, 0.5) is 0 Å². The molecule has 90 valence electrons. The number of thioether (sulfide) groups is 1. The van der Waals surface area contributed by atoms with Crippen LogP contribution in [0.25, 0.3) is 10.9 Å². The Morgan fingerprint density at radius 2 is 2.28 bits per heavy atom. The van der Waals surface area contributed by atoms with Gasteiger partial charge in [0.1, 0.15) is 0 Å². The molecule has 18 heavy (non-hydrogen) atoms. The van der Waals surface area contributed by atoms with Crippen molar-refractivity contribution in [3.63, 3.8) is 0 Å². The van der Waals surface area contributed by atoms with Crippen molar-refractivity contribution >= 4 is 40.0 Å². The van der Waals surface area contributed by atoms with Gasteiger partial charge in [0, 0.05) is 22.7 Å².